The highest BCUT2D eigenvalue weighted by Crippen LogP contribution is 2.28. The molecule has 5 nitrogen and oxygen atoms in total. The van der Waals surface area contributed by atoms with Gasteiger partial charge in [-0.05, 0) is 18.8 Å². The number of aliphatic carboxylic acids is 2. The van der Waals surface area contributed by atoms with Gasteiger partial charge in [0.1, 0.15) is 5.78 Å². The SMILES string of the molecule is O=C1CCCC(C(C(=O)O)C(=O)O)C1. The predicted molar refractivity (Wildman–Crippen MR) is 45.7 cm³/mol. The molecule has 1 fully saturated rings. The Labute approximate surface area is 80.7 Å². The highest BCUT2D eigenvalue weighted by molar-refractivity contribution is 5.94. The van der Waals surface area contributed by atoms with E-state index in [1.807, 2.05) is 0 Å². The number of hydrogen-bond donors (Lipinski definition) is 2. The Hall–Kier alpha value is -1.39. The van der Waals surface area contributed by atoms with Crippen LogP contribution in [-0.2, 0) is 14.4 Å². The number of Topliss-reactive ketones (excluding diaryl/α,β-unsaturated/α-hetero) is 1. The molecule has 14 heavy (non-hydrogen) atoms. The lowest BCUT2D eigenvalue weighted by Crippen LogP contribution is -2.34. The van der Waals surface area contributed by atoms with E-state index < -0.39 is 23.8 Å². The molecule has 1 rings (SSSR count). The Bertz CT molecular complexity index is 256. The van der Waals surface area contributed by atoms with Gasteiger partial charge in [0, 0.05) is 12.8 Å². The Balaban J connectivity index is 2.72. The first kappa shape index (κ1) is 10.7. The number of ketones is 1. The van der Waals surface area contributed by atoms with Crippen molar-refractivity contribution >= 4 is 17.7 Å². The lowest BCUT2D eigenvalue weighted by Gasteiger charge is -2.23. The van der Waals surface area contributed by atoms with Gasteiger partial charge >= 0.3 is 11.9 Å². The van der Waals surface area contributed by atoms with Crippen molar-refractivity contribution in [1.82, 2.24) is 0 Å². The van der Waals surface area contributed by atoms with E-state index in [0.29, 0.717) is 19.3 Å². The van der Waals surface area contributed by atoms with Gasteiger partial charge in [0.2, 0.25) is 0 Å². The minimum Gasteiger partial charge on any atom is -0.481 e. The van der Waals surface area contributed by atoms with Crippen molar-refractivity contribution in [3.8, 4) is 0 Å². The molecule has 0 aromatic rings. The second kappa shape index (κ2) is 4.21. The maximum Gasteiger partial charge on any atom is 0.318 e. The average molecular weight is 200 g/mol. The number of carbonyl (C=O) groups is 3. The molecule has 0 aliphatic heterocycles. The summed E-state index contributed by atoms with van der Waals surface area (Å²) in [5.74, 6) is -4.70. The van der Waals surface area contributed by atoms with Crippen LogP contribution in [0.1, 0.15) is 25.7 Å². The lowest BCUT2D eigenvalue weighted by atomic mass is 9.79. The van der Waals surface area contributed by atoms with Gasteiger partial charge in [-0.2, -0.15) is 0 Å². The first-order valence-corrected chi connectivity index (χ1v) is 4.49. The maximum absolute atomic E-state index is 11.0. The van der Waals surface area contributed by atoms with Crippen molar-refractivity contribution in [2.24, 2.45) is 11.8 Å². The summed E-state index contributed by atoms with van der Waals surface area (Å²) in [6, 6.07) is 0. The molecule has 1 unspecified atom stereocenters. The normalized spacial score (nSPS) is 22.4. The van der Waals surface area contributed by atoms with Crippen LogP contribution in [-0.4, -0.2) is 27.9 Å². The second-order valence-corrected chi connectivity index (χ2v) is 3.55. The third-order valence-electron chi connectivity index (χ3n) is 2.52. The molecular weight excluding hydrogens is 188 g/mol. The molecule has 1 aliphatic rings. The van der Waals surface area contributed by atoms with E-state index in [1.165, 1.54) is 0 Å². The summed E-state index contributed by atoms with van der Waals surface area (Å²) in [5, 5.41) is 17.4. The van der Waals surface area contributed by atoms with Crippen LogP contribution in [0.15, 0.2) is 0 Å². The van der Waals surface area contributed by atoms with E-state index in [-0.39, 0.29) is 12.2 Å². The van der Waals surface area contributed by atoms with Gasteiger partial charge in [-0.3, -0.25) is 14.4 Å². The molecule has 1 aliphatic carbocycles. The monoisotopic (exact) mass is 200 g/mol. The highest BCUT2D eigenvalue weighted by Gasteiger charge is 2.37. The third-order valence-corrected chi connectivity index (χ3v) is 2.52. The molecule has 0 heterocycles. The van der Waals surface area contributed by atoms with Crippen molar-refractivity contribution in [2.75, 3.05) is 0 Å². The predicted octanol–water partition coefficient (Wildman–Crippen LogP) is 0.531. The van der Waals surface area contributed by atoms with Crippen molar-refractivity contribution < 1.29 is 24.6 Å². The number of carboxylic acids is 2. The molecule has 0 aromatic heterocycles. The fourth-order valence-electron chi connectivity index (χ4n) is 1.85. The van der Waals surface area contributed by atoms with Crippen LogP contribution < -0.4 is 0 Å². The molecule has 2 N–H and O–H groups in total. The molecule has 78 valence electrons. The highest BCUT2D eigenvalue weighted by atomic mass is 16.4. The van der Waals surface area contributed by atoms with Crippen LogP contribution in [0.25, 0.3) is 0 Å². The van der Waals surface area contributed by atoms with Crippen LogP contribution in [0.3, 0.4) is 0 Å². The topological polar surface area (TPSA) is 91.7 Å². The number of hydrogen-bond acceptors (Lipinski definition) is 3. The smallest absolute Gasteiger partial charge is 0.318 e. The summed E-state index contributed by atoms with van der Waals surface area (Å²) in [7, 11) is 0. The van der Waals surface area contributed by atoms with Crippen molar-refractivity contribution in [1.29, 1.82) is 0 Å². The van der Waals surface area contributed by atoms with Gasteiger partial charge < -0.3 is 10.2 Å². The molecule has 1 saturated carbocycles. The molecule has 0 aromatic carbocycles. The Morgan fingerprint density at radius 2 is 1.86 bits per heavy atom. The molecule has 5 heteroatoms. The van der Waals surface area contributed by atoms with Crippen LogP contribution >= 0.6 is 0 Å². The van der Waals surface area contributed by atoms with Gasteiger partial charge in [-0.1, -0.05) is 0 Å². The Morgan fingerprint density at radius 1 is 1.29 bits per heavy atom. The maximum atomic E-state index is 11.0. The van der Waals surface area contributed by atoms with Crippen molar-refractivity contribution in [3.05, 3.63) is 0 Å². The third kappa shape index (κ3) is 2.31. The van der Waals surface area contributed by atoms with Gasteiger partial charge in [0.05, 0.1) is 0 Å². The summed E-state index contributed by atoms with van der Waals surface area (Å²) >= 11 is 0. The molecule has 1 atom stereocenters. The van der Waals surface area contributed by atoms with E-state index in [9.17, 15) is 14.4 Å². The molecule has 0 spiro atoms. The van der Waals surface area contributed by atoms with Crippen LogP contribution in [0, 0.1) is 11.8 Å². The summed E-state index contributed by atoms with van der Waals surface area (Å²) in [6.07, 6.45) is 1.64. The van der Waals surface area contributed by atoms with Crippen LogP contribution in [0.4, 0.5) is 0 Å². The standard InChI is InChI=1S/C9H12O5/c10-6-3-1-2-5(4-6)7(8(11)12)9(13)14/h5,7H,1-4H2,(H,11,12)(H,13,14). The lowest BCUT2D eigenvalue weighted by molar-refractivity contribution is -0.158. The van der Waals surface area contributed by atoms with Gasteiger partial charge in [0.25, 0.3) is 0 Å². The summed E-state index contributed by atoms with van der Waals surface area (Å²) < 4.78 is 0. The molecular formula is C9H12O5. The quantitative estimate of drug-likeness (QED) is 0.648. The zero-order valence-corrected chi connectivity index (χ0v) is 7.60. The van der Waals surface area contributed by atoms with E-state index in [0.717, 1.165) is 0 Å². The van der Waals surface area contributed by atoms with E-state index in [4.69, 9.17) is 10.2 Å². The van der Waals surface area contributed by atoms with E-state index in [1.54, 1.807) is 0 Å². The fourth-order valence-corrected chi connectivity index (χ4v) is 1.85. The molecule has 0 radical (unpaired) electrons. The van der Waals surface area contributed by atoms with Crippen LogP contribution in [0.2, 0.25) is 0 Å². The van der Waals surface area contributed by atoms with E-state index in [2.05, 4.69) is 0 Å². The number of carbonyl (C=O) groups excluding carboxylic acids is 1. The van der Waals surface area contributed by atoms with Crippen molar-refractivity contribution in [3.63, 3.8) is 0 Å². The first-order valence-electron chi connectivity index (χ1n) is 4.49. The first-order chi connectivity index (χ1) is 6.52. The largest absolute Gasteiger partial charge is 0.481 e. The second-order valence-electron chi connectivity index (χ2n) is 3.55. The van der Waals surface area contributed by atoms with E-state index >= 15 is 0 Å². The average Bonchev–Trinajstić information content (AvgIpc) is 2.02. The minimum absolute atomic E-state index is 0.0336. The Kier molecular flexibility index (Phi) is 3.22. The molecule has 0 amide bonds. The number of rotatable bonds is 3. The van der Waals surface area contributed by atoms with Gasteiger partial charge in [0.15, 0.2) is 5.92 Å². The van der Waals surface area contributed by atoms with Gasteiger partial charge in [-0.15, -0.1) is 0 Å². The zero-order valence-electron chi connectivity index (χ0n) is 7.60. The Morgan fingerprint density at radius 3 is 2.29 bits per heavy atom. The number of carboxylic acid groups (broad SMARTS) is 2. The molecule has 0 saturated heterocycles. The summed E-state index contributed by atoms with van der Waals surface area (Å²) in [5.41, 5.74) is 0. The van der Waals surface area contributed by atoms with Crippen molar-refractivity contribution in [2.45, 2.75) is 25.7 Å². The fraction of sp³-hybridized carbons (Fsp3) is 0.667. The zero-order chi connectivity index (χ0) is 10.7. The minimum atomic E-state index is -1.43. The summed E-state index contributed by atoms with van der Waals surface area (Å²) in [6.45, 7) is 0. The van der Waals surface area contributed by atoms with Gasteiger partial charge in [-0.25, -0.2) is 0 Å². The van der Waals surface area contributed by atoms with Crippen LogP contribution in [0.5, 0.6) is 0 Å². The molecule has 0 bridgehead atoms. The summed E-state index contributed by atoms with van der Waals surface area (Å²) in [4.78, 5) is 32.3.